The zero-order valence-electron chi connectivity index (χ0n) is 17.3. The Morgan fingerprint density at radius 1 is 1.10 bits per heavy atom. The van der Waals surface area contributed by atoms with Crippen LogP contribution in [0.15, 0.2) is 23.4 Å². The molecular weight excluding hydrogens is 392 g/mol. The van der Waals surface area contributed by atoms with Gasteiger partial charge in [0.15, 0.2) is 0 Å². The van der Waals surface area contributed by atoms with E-state index in [1.807, 2.05) is 24.6 Å². The van der Waals surface area contributed by atoms with Gasteiger partial charge in [0.05, 0.1) is 11.4 Å². The van der Waals surface area contributed by atoms with Gasteiger partial charge in [0.25, 0.3) is 0 Å². The molecule has 0 aromatic carbocycles. The van der Waals surface area contributed by atoms with E-state index in [0.29, 0.717) is 41.9 Å². The Balaban J connectivity index is 1.66. The summed E-state index contributed by atoms with van der Waals surface area (Å²) in [5.74, 6) is 2.75. The van der Waals surface area contributed by atoms with Gasteiger partial charge < -0.3 is 5.32 Å². The van der Waals surface area contributed by atoms with Crippen LogP contribution in [0.4, 0.5) is 5.82 Å². The average Bonchev–Trinajstić information content (AvgIpc) is 3.21. The second-order valence-electron chi connectivity index (χ2n) is 6.64. The first-order chi connectivity index (χ1) is 13.7. The molecule has 3 aromatic heterocycles. The minimum atomic E-state index is -3.64. The van der Waals surface area contributed by atoms with Gasteiger partial charge in [-0.25, -0.2) is 28.1 Å². The largest absolute Gasteiger partial charge is 0.369 e. The van der Waals surface area contributed by atoms with Crippen molar-refractivity contribution in [3.63, 3.8) is 0 Å². The molecule has 3 aromatic rings. The molecule has 0 atom stereocenters. The van der Waals surface area contributed by atoms with E-state index in [1.165, 1.54) is 0 Å². The number of nitrogens with zero attached hydrogens (tertiary/aromatic N) is 6. The van der Waals surface area contributed by atoms with Crippen molar-refractivity contribution >= 4 is 15.8 Å². The fourth-order valence-electron chi connectivity index (χ4n) is 3.21. The molecule has 29 heavy (non-hydrogen) atoms. The maximum atomic E-state index is 12.7. The topological polar surface area (TPSA) is 120 Å². The molecule has 0 saturated heterocycles. The molecule has 2 N–H and O–H groups in total. The van der Waals surface area contributed by atoms with Crippen LogP contribution in [0.1, 0.15) is 30.0 Å². The number of imidazole rings is 1. The summed E-state index contributed by atoms with van der Waals surface area (Å²) in [6.45, 7) is 10.3. The molecule has 0 radical (unpaired) electrons. The number of nitrogens with one attached hydrogen (secondary N) is 2. The lowest BCUT2D eigenvalue weighted by atomic mass is 10.4. The standard InChI is InChI=1S/C18H26N8O2S/c1-6-26-13(3)18(12(2)24-26)29(27,28)21-8-7-20-16-11-17(23-14(4)22-16)25-10-9-19-15(25)5/h9-11,21H,6-8H2,1-5H3,(H,20,22,23). The highest BCUT2D eigenvalue weighted by atomic mass is 32.2. The van der Waals surface area contributed by atoms with Gasteiger partial charge in [-0.15, -0.1) is 0 Å². The van der Waals surface area contributed by atoms with Gasteiger partial charge in [0.1, 0.15) is 28.2 Å². The quantitative estimate of drug-likeness (QED) is 0.532. The molecule has 11 heteroatoms. The highest BCUT2D eigenvalue weighted by Gasteiger charge is 2.23. The summed E-state index contributed by atoms with van der Waals surface area (Å²) in [4.78, 5) is 13.2. The third kappa shape index (κ3) is 4.46. The second kappa shape index (κ2) is 8.29. The first-order valence-electron chi connectivity index (χ1n) is 9.36. The van der Waals surface area contributed by atoms with Gasteiger partial charge >= 0.3 is 0 Å². The SMILES string of the molecule is CCn1nc(C)c(S(=O)(=O)NCCNc2cc(-n3ccnc3C)nc(C)n2)c1C. The Hall–Kier alpha value is -2.79. The minimum Gasteiger partial charge on any atom is -0.369 e. The summed E-state index contributed by atoms with van der Waals surface area (Å²) < 4.78 is 31.5. The molecule has 0 aliphatic heterocycles. The predicted molar refractivity (Wildman–Crippen MR) is 110 cm³/mol. The molecule has 0 bridgehead atoms. The molecule has 10 nitrogen and oxygen atoms in total. The Morgan fingerprint density at radius 3 is 2.48 bits per heavy atom. The van der Waals surface area contributed by atoms with Crippen LogP contribution in [-0.4, -0.2) is 50.8 Å². The summed E-state index contributed by atoms with van der Waals surface area (Å²) in [6, 6.07) is 1.80. The van der Waals surface area contributed by atoms with Crippen LogP contribution < -0.4 is 10.0 Å². The fourth-order valence-corrected chi connectivity index (χ4v) is 4.65. The van der Waals surface area contributed by atoms with Gasteiger partial charge in [0, 0.05) is 38.1 Å². The zero-order chi connectivity index (χ0) is 21.2. The van der Waals surface area contributed by atoms with E-state index < -0.39 is 10.0 Å². The van der Waals surface area contributed by atoms with E-state index >= 15 is 0 Å². The van der Waals surface area contributed by atoms with E-state index in [2.05, 4.69) is 30.1 Å². The number of hydrogen-bond acceptors (Lipinski definition) is 7. The molecule has 0 saturated carbocycles. The lowest BCUT2D eigenvalue weighted by Crippen LogP contribution is -2.30. The number of aromatic nitrogens is 6. The van der Waals surface area contributed by atoms with E-state index in [-0.39, 0.29) is 11.4 Å². The van der Waals surface area contributed by atoms with E-state index in [9.17, 15) is 8.42 Å². The van der Waals surface area contributed by atoms with Crippen molar-refractivity contribution in [2.24, 2.45) is 0 Å². The van der Waals surface area contributed by atoms with Crippen LogP contribution in [0, 0.1) is 27.7 Å². The van der Waals surface area contributed by atoms with Crippen molar-refractivity contribution in [2.45, 2.75) is 46.1 Å². The first-order valence-corrected chi connectivity index (χ1v) is 10.8. The number of anilines is 1. The summed E-state index contributed by atoms with van der Waals surface area (Å²) in [6.07, 6.45) is 3.54. The van der Waals surface area contributed by atoms with Crippen molar-refractivity contribution in [3.8, 4) is 5.82 Å². The maximum Gasteiger partial charge on any atom is 0.244 e. The summed E-state index contributed by atoms with van der Waals surface area (Å²) in [5, 5.41) is 7.42. The Labute approximate surface area is 170 Å². The van der Waals surface area contributed by atoms with Crippen LogP contribution in [0.5, 0.6) is 0 Å². The zero-order valence-corrected chi connectivity index (χ0v) is 18.1. The molecule has 0 fully saturated rings. The average molecular weight is 419 g/mol. The third-order valence-electron chi connectivity index (χ3n) is 4.50. The Bertz CT molecular complexity index is 1120. The Morgan fingerprint density at radius 2 is 1.86 bits per heavy atom. The van der Waals surface area contributed by atoms with E-state index in [1.54, 1.807) is 37.7 Å². The van der Waals surface area contributed by atoms with E-state index in [4.69, 9.17) is 0 Å². The lowest BCUT2D eigenvalue weighted by Gasteiger charge is -2.11. The monoisotopic (exact) mass is 418 g/mol. The molecule has 0 amide bonds. The van der Waals surface area contributed by atoms with E-state index in [0.717, 1.165) is 5.82 Å². The van der Waals surface area contributed by atoms with Crippen molar-refractivity contribution in [2.75, 3.05) is 18.4 Å². The summed E-state index contributed by atoms with van der Waals surface area (Å²) in [5.41, 5.74) is 1.13. The number of aryl methyl sites for hydroxylation is 4. The third-order valence-corrected chi connectivity index (χ3v) is 6.22. The molecule has 0 aliphatic carbocycles. The molecule has 0 spiro atoms. The number of rotatable bonds is 8. The lowest BCUT2D eigenvalue weighted by molar-refractivity contribution is 0.580. The predicted octanol–water partition coefficient (Wildman–Crippen LogP) is 1.50. The molecule has 0 unspecified atom stereocenters. The highest BCUT2D eigenvalue weighted by Crippen LogP contribution is 2.19. The van der Waals surface area contributed by atoms with Crippen molar-refractivity contribution in [1.29, 1.82) is 0 Å². The van der Waals surface area contributed by atoms with Crippen molar-refractivity contribution < 1.29 is 8.42 Å². The molecule has 156 valence electrons. The summed E-state index contributed by atoms with van der Waals surface area (Å²) >= 11 is 0. The normalized spacial score (nSPS) is 11.8. The maximum absolute atomic E-state index is 12.7. The van der Waals surface area contributed by atoms with Gasteiger partial charge in [-0.3, -0.25) is 9.25 Å². The number of sulfonamides is 1. The van der Waals surface area contributed by atoms with Gasteiger partial charge in [-0.05, 0) is 34.6 Å². The van der Waals surface area contributed by atoms with Gasteiger partial charge in [-0.1, -0.05) is 0 Å². The van der Waals surface area contributed by atoms with Gasteiger partial charge in [-0.2, -0.15) is 5.10 Å². The molecular formula is C18H26N8O2S. The van der Waals surface area contributed by atoms with Crippen LogP contribution >= 0.6 is 0 Å². The van der Waals surface area contributed by atoms with Crippen LogP contribution in [0.2, 0.25) is 0 Å². The van der Waals surface area contributed by atoms with Crippen LogP contribution in [0.3, 0.4) is 0 Å². The van der Waals surface area contributed by atoms with Crippen LogP contribution in [0.25, 0.3) is 5.82 Å². The van der Waals surface area contributed by atoms with Crippen molar-refractivity contribution in [1.82, 2.24) is 34.0 Å². The van der Waals surface area contributed by atoms with Crippen LogP contribution in [-0.2, 0) is 16.6 Å². The van der Waals surface area contributed by atoms with Gasteiger partial charge in [0.2, 0.25) is 10.0 Å². The minimum absolute atomic E-state index is 0.209. The summed E-state index contributed by atoms with van der Waals surface area (Å²) in [7, 11) is -3.64. The molecule has 0 aliphatic rings. The number of hydrogen-bond donors (Lipinski definition) is 2. The Kier molecular flexibility index (Phi) is 5.99. The van der Waals surface area contributed by atoms with Crippen molar-refractivity contribution in [3.05, 3.63) is 41.5 Å². The molecule has 3 heterocycles. The second-order valence-corrected chi connectivity index (χ2v) is 8.35. The smallest absolute Gasteiger partial charge is 0.244 e. The highest BCUT2D eigenvalue weighted by molar-refractivity contribution is 7.89. The first kappa shape index (κ1) is 20.9. The fraction of sp³-hybridized carbons (Fsp3) is 0.444. The molecule has 3 rings (SSSR count).